The highest BCUT2D eigenvalue weighted by Gasteiger charge is 2.22. The quantitative estimate of drug-likeness (QED) is 0.491. The molecule has 0 aliphatic rings. The summed E-state index contributed by atoms with van der Waals surface area (Å²) < 4.78 is 9.77. The van der Waals surface area contributed by atoms with Crippen molar-refractivity contribution in [1.82, 2.24) is 5.32 Å². The summed E-state index contributed by atoms with van der Waals surface area (Å²) in [7, 11) is 0. The van der Waals surface area contributed by atoms with E-state index in [1.165, 1.54) is 0 Å². The van der Waals surface area contributed by atoms with Crippen LogP contribution in [-0.2, 0) is 14.3 Å². The third kappa shape index (κ3) is 9.33. The Morgan fingerprint density at radius 3 is 2.37 bits per heavy atom. The van der Waals surface area contributed by atoms with E-state index in [0.717, 1.165) is 32.1 Å². The van der Waals surface area contributed by atoms with E-state index >= 15 is 0 Å². The minimum Gasteiger partial charge on any atom is -0.435 e. The lowest BCUT2D eigenvalue weighted by Crippen LogP contribution is -2.38. The number of ether oxygens (including phenoxy) is 2. The topological polar surface area (TPSA) is 64.6 Å². The Kier molecular flexibility index (Phi) is 11.0. The first kappa shape index (κ1) is 17.7. The van der Waals surface area contributed by atoms with E-state index in [2.05, 4.69) is 12.2 Å². The first-order chi connectivity index (χ1) is 9.15. The molecule has 0 bridgehead atoms. The molecule has 0 aromatic rings. The predicted molar refractivity (Wildman–Crippen MR) is 74.0 cm³/mol. The van der Waals surface area contributed by atoms with Crippen molar-refractivity contribution in [2.45, 2.75) is 65.4 Å². The molecular weight excluding hydrogens is 246 g/mol. The Morgan fingerprint density at radius 1 is 1.05 bits per heavy atom. The van der Waals surface area contributed by atoms with Crippen LogP contribution in [0.15, 0.2) is 0 Å². The molecule has 5 heteroatoms. The van der Waals surface area contributed by atoms with Gasteiger partial charge in [0.25, 0.3) is 5.91 Å². The third-order valence-corrected chi connectivity index (χ3v) is 2.66. The molecule has 112 valence electrons. The molecule has 0 rings (SSSR count). The molecule has 0 fully saturated rings. The maximum absolute atomic E-state index is 11.9. The Bertz CT molecular complexity index is 256. The van der Waals surface area contributed by atoms with Gasteiger partial charge < -0.3 is 14.8 Å². The molecule has 0 aromatic heterocycles. The number of carbonyl (C=O) groups excluding carboxylic acids is 2. The van der Waals surface area contributed by atoms with E-state index < -0.39 is 12.3 Å². The molecule has 5 nitrogen and oxygen atoms in total. The number of hydrogen-bond acceptors (Lipinski definition) is 4. The molecule has 19 heavy (non-hydrogen) atoms. The van der Waals surface area contributed by atoms with Crippen LogP contribution in [0.5, 0.6) is 0 Å². The van der Waals surface area contributed by atoms with Gasteiger partial charge in [-0.05, 0) is 26.2 Å². The number of hydrogen-bond donors (Lipinski definition) is 1. The van der Waals surface area contributed by atoms with Crippen molar-refractivity contribution in [2.24, 2.45) is 0 Å². The van der Waals surface area contributed by atoms with Crippen molar-refractivity contribution in [3.8, 4) is 0 Å². The normalized spacial score (nSPS) is 11.7. The number of amides is 1. The van der Waals surface area contributed by atoms with Gasteiger partial charge in [-0.2, -0.15) is 0 Å². The molecule has 1 unspecified atom stereocenters. The van der Waals surface area contributed by atoms with Crippen LogP contribution in [0, 0.1) is 0 Å². The van der Waals surface area contributed by atoms with Gasteiger partial charge in [-0.1, -0.05) is 33.1 Å². The van der Waals surface area contributed by atoms with Gasteiger partial charge in [0.15, 0.2) is 6.10 Å². The van der Waals surface area contributed by atoms with Gasteiger partial charge >= 0.3 is 6.16 Å². The van der Waals surface area contributed by atoms with Crippen LogP contribution < -0.4 is 5.32 Å². The van der Waals surface area contributed by atoms with Gasteiger partial charge in [0.1, 0.15) is 0 Å². The lowest BCUT2D eigenvalue weighted by molar-refractivity contribution is -0.131. The molecule has 0 heterocycles. The second kappa shape index (κ2) is 11.8. The molecule has 0 saturated carbocycles. The maximum Gasteiger partial charge on any atom is 0.509 e. The lowest BCUT2D eigenvalue weighted by Gasteiger charge is -2.16. The zero-order valence-electron chi connectivity index (χ0n) is 12.4. The Morgan fingerprint density at radius 2 is 1.79 bits per heavy atom. The van der Waals surface area contributed by atoms with Crippen LogP contribution in [-0.4, -0.2) is 31.3 Å². The molecule has 0 radical (unpaired) electrons. The summed E-state index contributed by atoms with van der Waals surface area (Å²) in [4.78, 5) is 23.2. The second-order valence-electron chi connectivity index (χ2n) is 4.43. The molecule has 0 aromatic carbocycles. The van der Waals surface area contributed by atoms with Gasteiger partial charge in [-0.3, -0.25) is 4.79 Å². The molecule has 0 aliphatic heterocycles. The van der Waals surface area contributed by atoms with Crippen LogP contribution in [0.25, 0.3) is 0 Å². The summed E-state index contributed by atoms with van der Waals surface area (Å²) >= 11 is 0. The summed E-state index contributed by atoms with van der Waals surface area (Å²) in [6.07, 6.45) is 4.07. The van der Waals surface area contributed by atoms with Gasteiger partial charge in [-0.25, -0.2) is 4.79 Å². The Balaban J connectivity index is 4.20. The van der Waals surface area contributed by atoms with Crippen molar-refractivity contribution in [1.29, 1.82) is 0 Å². The smallest absolute Gasteiger partial charge is 0.435 e. The predicted octanol–water partition coefficient (Wildman–Crippen LogP) is 3.02. The first-order valence-corrected chi connectivity index (χ1v) is 7.26. The summed E-state index contributed by atoms with van der Waals surface area (Å²) in [5.74, 6) is -0.230. The highest BCUT2D eigenvalue weighted by atomic mass is 16.7. The molecule has 0 aliphatic carbocycles. The van der Waals surface area contributed by atoms with Gasteiger partial charge in [0.2, 0.25) is 0 Å². The minimum absolute atomic E-state index is 0.230. The Hall–Kier alpha value is -1.26. The zero-order chi connectivity index (χ0) is 14.5. The van der Waals surface area contributed by atoms with Crippen LogP contribution in [0.4, 0.5) is 4.79 Å². The van der Waals surface area contributed by atoms with Crippen molar-refractivity contribution in [3.63, 3.8) is 0 Å². The monoisotopic (exact) mass is 273 g/mol. The molecular formula is C14H27NO4. The SMILES string of the molecule is CCCCCCC(OC(=O)OCC)C(=O)NCCC. The standard InChI is InChI=1S/C14H27NO4/c1-4-7-8-9-10-12(13(16)15-11-5-2)19-14(17)18-6-3/h12H,4-11H2,1-3H3,(H,15,16). The summed E-state index contributed by atoms with van der Waals surface area (Å²) in [5, 5.41) is 2.75. The number of rotatable bonds is 10. The maximum atomic E-state index is 11.9. The van der Waals surface area contributed by atoms with E-state index in [-0.39, 0.29) is 12.5 Å². The zero-order valence-corrected chi connectivity index (χ0v) is 12.4. The molecule has 1 N–H and O–H groups in total. The van der Waals surface area contributed by atoms with Crippen molar-refractivity contribution >= 4 is 12.1 Å². The minimum atomic E-state index is -0.769. The first-order valence-electron chi connectivity index (χ1n) is 7.26. The second-order valence-corrected chi connectivity index (χ2v) is 4.43. The summed E-state index contributed by atoms with van der Waals surface area (Å²) in [5.41, 5.74) is 0. The summed E-state index contributed by atoms with van der Waals surface area (Å²) in [6, 6.07) is 0. The number of nitrogens with one attached hydrogen (secondary N) is 1. The van der Waals surface area contributed by atoms with E-state index in [1.54, 1.807) is 6.92 Å². The van der Waals surface area contributed by atoms with Crippen LogP contribution >= 0.6 is 0 Å². The van der Waals surface area contributed by atoms with Crippen LogP contribution in [0.1, 0.15) is 59.3 Å². The molecule has 0 saturated heterocycles. The molecule has 0 spiro atoms. The number of carbonyl (C=O) groups is 2. The fraction of sp³-hybridized carbons (Fsp3) is 0.857. The average Bonchev–Trinajstić information content (AvgIpc) is 2.39. The highest BCUT2D eigenvalue weighted by Crippen LogP contribution is 2.09. The van der Waals surface area contributed by atoms with Crippen molar-refractivity contribution < 1.29 is 19.1 Å². The van der Waals surface area contributed by atoms with Crippen molar-refractivity contribution in [2.75, 3.05) is 13.2 Å². The van der Waals surface area contributed by atoms with Crippen LogP contribution in [0.3, 0.4) is 0 Å². The van der Waals surface area contributed by atoms with Gasteiger partial charge in [0, 0.05) is 6.54 Å². The van der Waals surface area contributed by atoms with E-state index in [4.69, 9.17) is 9.47 Å². The summed E-state index contributed by atoms with van der Waals surface area (Å²) in [6.45, 7) is 6.65. The highest BCUT2D eigenvalue weighted by molar-refractivity contribution is 5.82. The van der Waals surface area contributed by atoms with Crippen molar-refractivity contribution in [3.05, 3.63) is 0 Å². The van der Waals surface area contributed by atoms with E-state index in [9.17, 15) is 9.59 Å². The largest absolute Gasteiger partial charge is 0.509 e. The van der Waals surface area contributed by atoms with Crippen LogP contribution in [0.2, 0.25) is 0 Å². The van der Waals surface area contributed by atoms with Gasteiger partial charge in [0.05, 0.1) is 6.61 Å². The Labute approximate surface area is 116 Å². The molecule has 1 atom stereocenters. The fourth-order valence-electron chi connectivity index (χ4n) is 1.63. The number of unbranched alkanes of at least 4 members (excludes halogenated alkanes) is 3. The van der Waals surface area contributed by atoms with Gasteiger partial charge in [-0.15, -0.1) is 0 Å². The van der Waals surface area contributed by atoms with E-state index in [1.807, 2.05) is 6.92 Å². The lowest BCUT2D eigenvalue weighted by atomic mass is 10.1. The van der Waals surface area contributed by atoms with E-state index in [0.29, 0.717) is 13.0 Å². The fourth-order valence-corrected chi connectivity index (χ4v) is 1.63. The molecule has 1 amide bonds. The third-order valence-electron chi connectivity index (χ3n) is 2.66. The average molecular weight is 273 g/mol.